The van der Waals surface area contributed by atoms with Gasteiger partial charge >= 0.3 is 0 Å². The molecule has 0 unspecified atom stereocenters. The molecule has 1 aromatic rings. The van der Waals surface area contributed by atoms with Gasteiger partial charge in [0.05, 0.1) is 6.61 Å². The summed E-state index contributed by atoms with van der Waals surface area (Å²) in [6.45, 7) is 5.18. The Labute approximate surface area is 113 Å². The first-order valence-electron chi connectivity index (χ1n) is 6.79. The third kappa shape index (κ3) is 2.52. The van der Waals surface area contributed by atoms with Gasteiger partial charge in [-0.05, 0) is 36.0 Å². The van der Waals surface area contributed by atoms with Crippen LogP contribution in [0.3, 0.4) is 0 Å². The Morgan fingerprint density at radius 2 is 2.11 bits per heavy atom. The fraction of sp³-hybridized carbons (Fsp3) is 0.600. The first-order valence-corrected chi connectivity index (χ1v) is 7.94. The van der Waals surface area contributed by atoms with Crippen LogP contribution in [0.4, 0.5) is 0 Å². The minimum absolute atomic E-state index is 0.375. The van der Waals surface area contributed by atoms with Crippen molar-refractivity contribution in [3.8, 4) is 5.75 Å². The minimum Gasteiger partial charge on any atom is -0.493 e. The van der Waals surface area contributed by atoms with Gasteiger partial charge in [0, 0.05) is 24.1 Å². The molecule has 0 atom stereocenters. The van der Waals surface area contributed by atoms with E-state index in [9.17, 15) is 0 Å². The fourth-order valence-corrected chi connectivity index (χ4v) is 4.17. The molecule has 0 bridgehead atoms. The highest BCUT2D eigenvalue weighted by Crippen LogP contribution is 2.36. The van der Waals surface area contributed by atoms with E-state index in [4.69, 9.17) is 4.74 Å². The van der Waals surface area contributed by atoms with Crippen molar-refractivity contribution in [2.24, 2.45) is 5.41 Å². The number of hydrogen-bond donors (Lipinski definition) is 1. The molecule has 2 nitrogen and oxygen atoms in total. The molecule has 0 radical (unpaired) electrons. The monoisotopic (exact) mass is 263 g/mol. The van der Waals surface area contributed by atoms with Gasteiger partial charge in [-0.3, -0.25) is 0 Å². The minimum atomic E-state index is 0.375. The molecule has 0 saturated carbocycles. The summed E-state index contributed by atoms with van der Waals surface area (Å²) in [5.74, 6) is 3.67. The maximum atomic E-state index is 6.14. The average molecular weight is 263 g/mol. The van der Waals surface area contributed by atoms with Gasteiger partial charge in [0.1, 0.15) is 5.75 Å². The Hall–Kier alpha value is -0.670. The molecule has 2 aliphatic rings. The molecule has 0 aromatic heterocycles. The number of ether oxygens (including phenoxy) is 1. The molecule has 0 aliphatic carbocycles. The molecule has 3 rings (SSSR count). The molecule has 3 heteroatoms. The van der Waals surface area contributed by atoms with E-state index in [1.54, 1.807) is 0 Å². The molecule has 0 amide bonds. The van der Waals surface area contributed by atoms with E-state index in [-0.39, 0.29) is 0 Å². The Morgan fingerprint density at radius 1 is 1.28 bits per heavy atom. The Kier molecular flexibility index (Phi) is 3.53. The lowest BCUT2D eigenvalue weighted by molar-refractivity contribution is 0.150. The first-order chi connectivity index (χ1) is 8.77. The van der Waals surface area contributed by atoms with Crippen molar-refractivity contribution in [2.45, 2.75) is 32.9 Å². The number of benzene rings is 1. The van der Waals surface area contributed by atoms with Crippen LogP contribution in [0.1, 0.15) is 30.9 Å². The van der Waals surface area contributed by atoms with Crippen LogP contribution >= 0.6 is 11.8 Å². The highest BCUT2D eigenvalue weighted by atomic mass is 32.2. The predicted octanol–water partition coefficient (Wildman–Crippen LogP) is 3.20. The molecule has 98 valence electrons. The van der Waals surface area contributed by atoms with Gasteiger partial charge in [-0.25, -0.2) is 0 Å². The molecule has 1 fully saturated rings. The van der Waals surface area contributed by atoms with Crippen LogP contribution in [0.25, 0.3) is 0 Å². The van der Waals surface area contributed by atoms with Gasteiger partial charge in [0.2, 0.25) is 0 Å². The van der Waals surface area contributed by atoms with Gasteiger partial charge in [-0.2, -0.15) is 11.8 Å². The number of nitrogens with one attached hydrogen (secondary N) is 1. The molecule has 18 heavy (non-hydrogen) atoms. The first kappa shape index (κ1) is 12.4. The smallest absolute Gasteiger partial charge is 0.124 e. The van der Waals surface area contributed by atoms with Gasteiger partial charge in [-0.1, -0.05) is 19.1 Å². The molecule has 2 aliphatic heterocycles. The van der Waals surface area contributed by atoms with Crippen molar-refractivity contribution in [1.82, 2.24) is 5.32 Å². The summed E-state index contributed by atoms with van der Waals surface area (Å²) in [7, 11) is 0. The van der Waals surface area contributed by atoms with Gasteiger partial charge in [0.25, 0.3) is 0 Å². The summed E-state index contributed by atoms with van der Waals surface area (Å²) in [5.41, 5.74) is 3.14. The summed E-state index contributed by atoms with van der Waals surface area (Å²) in [6.07, 6.45) is 2.57. The van der Waals surface area contributed by atoms with Crippen LogP contribution in [0.5, 0.6) is 5.75 Å². The van der Waals surface area contributed by atoms with Crippen molar-refractivity contribution in [2.75, 3.05) is 18.1 Å². The molecule has 1 saturated heterocycles. The van der Waals surface area contributed by atoms with E-state index < -0.39 is 0 Å². The van der Waals surface area contributed by atoms with Crippen LogP contribution in [-0.4, -0.2) is 18.1 Å². The number of fused-ring (bicyclic) bond motifs is 1. The topological polar surface area (TPSA) is 21.3 Å². The molecule has 0 spiro atoms. The van der Waals surface area contributed by atoms with E-state index in [0.717, 1.165) is 25.4 Å². The van der Waals surface area contributed by atoms with E-state index in [1.165, 1.54) is 35.5 Å². The summed E-state index contributed by atoms with van der Waals surface area (Å²) in [4.78, 5) is 0. The second-order valence-electron chi connectivity index (χ2n) is 5.71. The van der Waals surface area contributed by atoms with Crippen LogP contribution in [-0.2, 0) is 13.1 Å². The van der Waals surface area contributed by atoms with Crippen LogP contribution in [0.2, 0.25) is 0 Å². The molecule has 1 aromatic carbocycles. The van der Waals surface area contributed by atoms with E-state index >= 15 is 0 Å². The van der Waals surface area contributed by atoms with Crippen LogP contribution < -0.4 is 10.1 Å². The summed E-state index contributed by atoms with van der Waals surface area (Å²) >= 11 is 2.07. The third-order valence-electron chi connectivity index (χ3n) is 4.12. The molecule has 2 heterocycles. The zero-order valence-electron chi connectivity index (χ0n) is 11.0. The van der Waals surface area contributed by atoms with Crippen molar-refractivity contribution in [3.63, 3.8) is 0 Å². The number of rotatable bonds is 3. The highest BCUT2D eigenvalue weighted by Gasteiger charge is 2.28. The zero-order valence-corrected chi connectivity index (χ0v) is 11.8. The molecular weight excluding hydrogens is 242 g/mol. The SMILES string of the molecule is CC1(COc2cccc3c2CNC3)CCSCC1. The fourth-order valence-electron chi connectivity index (χ4n) is 2.70. The average Bonchev–Trinajstić information content (AvgIpc) is 2.86. The Morgan fingerprint density at radius 3 is 2.94 bits per heavy atom. The van der Waals surface area contributed by atoms with Crippen molar-refractivity contribution < 1.29 is 4.74 Å². The second-order valence-corrected chi connectivity index (χ2v) is 6.93. The largest absolute Gasteiger partial charge is 0.493 e. The maximum Gasteiger partial charge on any atom is 0.124 e. The lowest BCUT2D eigenvalue weighted by atomic mass is 9.85. The summed E-state index contributed by atoms with van der Waals surface area (Å²) in [6, 6.07) is 6.42. The van der Waals surface area contributed by atoms with Gasteiger partial charge in [0.15, 0.2) is 0 Å². The lowest BCUT2D eigenvalue weighted by Gasteiger charge is -2.33. The molecular formula is C15H21NOS. The van der Waals surface area contributed by atoms with Gasteiger partial charge in [-0.15, -0.1) is 0 Å². The van der Waals surface area contributed by atoms with E-state index in [1.807, 2.05) is 0 Å². The second kappa shape index (κ2) is 5.14. The standard InChI is InChI=1S/C15H21NOS/c1-15(5-7-18-8-6-15)11-17-14-4-2-3-12-9-16-10-13(12)14/h2-4,16H,5-11H2,1H3. The van der Waals surface area contributed by atoms with Crippen molar-refractivity contribution in [3.05, 3.63) is 29.3 Å². The number of hydrogen-bond acceptors (Lipinski definition) is 3. The number of thioether (sulfide) groups is 1. The quantitative estimate of drug-likeness (QED) is 0.905. The van der Waals surface area contributed by atoms with Crippen molar-refractivity contribution in [1.29, 1.82) is 0 Å². The lowest BCUT2D eigenvalue weighted by Crippen LogP contribution is -2.29. The van der Waals surface area contributed by atoms with Crippen LogP contribution in [0.15, 0.2) is 18.2 Å². The third-order valence-corrected chi connectivity index (χ3v) is 5.11. The maximum absolute atomic E-state index is 6.14. The Bertz CT molecular complexity index is 427. The zero-order chi connectivity index (χ0) is 12.4. The van der Waals surface area contributed by atoms with Crippen molar-refractivity contribution >= 4 is 11.8 Å². The normalized spacial score (nSPS) is 21.6. The highest BCUT2D eigenvalue weighted by molar-refractivity contribution is 7.99. The van der Waals surface area contributed by atoms with E-state index in [2.05, 4.69) is 42.2 Å². The summed E-state index contributed by atoms with van der Waals surface area (Å²) < 4.78 is 6.14. The molecule has 1 N–H and O–H groups in total. The van der Waals surface area contributed by atoms with Crippen LogP contribution in [0, 0.1) is 5.41 Å². The Balaban J connectivity index is 1.68. The van der Waals surface area contributed by atoms with E-state index in [0.29, 0.717) is 5.41 Å². The van der Waals surface area contributed by atoms with Gasteiger partial charge < -0.3 is 10.1 Å². The predicted molar refractivity (Wildman–Crippen MR) is 77.1 cm³/mol. The summed E-state index contributed by atoms with van der Waals surface area (Å²) in [5, 5.41) is 3.39.